The highest BCUT2D eigenvalue weighted by atomic mass is 28.3. The van der Waals surface area contributed by atoms with Crippen LogP contribution in [0.5, 0.6) is 0 Å². The lowest BCUT2D eigenvalue weighted by molar-refractivity contribution is 0.459. The van der Waals surface area contributed by atoms with Gasteiger partial charge in [0.05, 0.1) is 0 Å². The summed E-state index contributed by atoms with van der Waals surface area (Å²) in [4.78, 5) is 9.73. The highest BCUT2D eigenvalue weighted by Crippen LogP contribution is 2.15. The van der Waals surface area contributed by atoms with Crippen molar-refractivity contribution in [3.63, 3.8) is 0 Å². The van der Waals surface area contributed by atoms with Crippen LogP contribution in [0.1, 0.15) is 0 Å². The normalized spacial score (nSPS) is 14.2. The molecule has 116 valence electrons. The van der Waals surface area contributed by atoms with Crippen molar-refractivity contribution in [1.82, 2.24) is 4.57 Å². The van der Waals surface area contributed by atoms with Gasteiger partial charge in [0.25, 0.3) is 0 Å². The van der Waals surface area contributed by atoms with Crippen molar-refractivity contribution in [2.75, 3.05) is 26.2 Å². The third-order valence-electron chi connectivity index (χ3n) is 2.86. The summed E-state index contributed by atoms with van der Waals surface area (Å²) in [5.74, 6) is 0. The Morgan fingerprint density at radius 1 is 0.632 bits per heavy atom. The number of hydrogen-bond acceptors (Lipinski definition) is 1. The van der Waals surface area contributed by atoms with Crippen LogP contribution >= 0.6 is 0 Å². The Morgan fingerprint density at radius 2 is 0.947 bits per heavy atom. The molecule has 3 nitrogen and oxygen atoms in total. The van der Waals surface area contributed by atoms with Gasteiger partial charge in [-0.15, -0.1) is 13.1 Å². The van der Waals surface area contributed by atoms with E-state index in [1.807, 2.05) is 0 Å². The van der Waals surface area contributed by atoms with Gasteiger partial charge in [-0.05, 0) is 13.1 Å². The van der Waals surface area contributed by atoms with E-state index in [2.05, 4.69) is 63.5 Å². The molecule has 0 atom stereocenters. The van der Waals surface area contributed by atoms with Gasteiger partial charge < -0.3 is 14.5 Å². The van der Waals surface area contributed by atoms with Crippen molar-refractivity contribution in [2.45, 2.75) is 58.9 Å². The standard InChI is InChI=1S/C13H35N3Si3/c1-17(2,3)14-10-12-16(19(7,8)9)13-11-15-18(4,5)6/h10-13H2,1-9H3/q-2. The maximum atomic E-state index is 4.86. The van der Waals surface area contributed by atoms with Gasteiger partial charge >= 0.3 is 0 Å². The van der Waals surface area contributed by atoms with Crippen LogP contribution in [-0.2, 0) is 0 Å². The van der Waals surface area contributed by atoms with Gasteiger partial charge in [0, 0.05) is 0 Å². The molecule has 0 rings (SSSR count). The van der Waals surface area contributed by atoms with Gasteiger partial charge in [-0.2, -0.15) is 0 Å². The Balaban J connectivity index is 4.19. The van der Waals surface area contributed by atoms with Gasteiger partial charge in [-0.3, -0.25) is 0 Å². The topological polar surface area (TPSA) is 31.4 Å². The zero-order chi connectivity index (χ0) is 15.3. The lowest BCUT2D eigenvalue weighted by atomic mass is 10.6. The molecule has 0 radical (unpaired) electrons. The summed E-state index contributed by atoms with van der Waals surface area (Å²) in [5.41, 5.74) is 0. The molecule has 0 aromatic heterocycles. The molecule has 0 fully saturated rings. The first-order valence-electron chi connectivity index (χ1n) is 7.44. The van der Waals surface area contributed by atoms with Gasteiger partial charge in [0.15, 0.2) is 0 Å². The SMILES string of the molecule is C[Si](C)(C)[N-]CCN(CC[N-][Si](C)(C)C)[Si](C)(C)C. The summed E-state index contributed by atoms with van der Waals surface area (Å²) >= 11 is 0. The fourth-order valence-electron chi connectivity index (χ4n) is 1.79. The van der Waals surface area contributed by atoms with Crippen molar-refractivity contribution < 1.29 is 0 Å². The predicted molar refractivity (Wildman–Crippen MR) is 98.1 cm³/mol. The Hall–Kier alpha value is 0.531. The van der Waals surface area contributed by atoms with Crippen molar-refractivity contribution in [3.8, 4) is 0 Å². The van der Waals surface area contributed by atoms with Gasteiger partial charge in [0.1, 0.15) is 8.24 Å². The van der Waals surface area contributed by atoms with Gasteiger partial charge in [-0.25, -0.2) is 0 Å². The zero-order valence-electron chi connectivity index (χ0n) is 14.7. The first-order valence-corrected chi connectivity index (χ1v) is 17.8. The maximum Gasteiger partial charge on any atom is 0.118 e. The van der Waals surface area contributed by atoms with Crippen LogP contribution in [0.25, 0.3) is 9.96 Å². The van der Waals surface area contributed by atoms with Crippen molar-refractivity contribution in [3.05, 3.63) is 9.96 Å². The second-order valence-electron chi connectivity index (χ2n) is 8.26. The summed E-state index contributed by atoms with van der Waals surface area (Å²) in [6.45, 7) is 25.4. The Bertz CT molecular complexity index is 231. The number of hydrogen-bond donors (Lipinski definition) is 0. The van der Waals surface area contributed by atoms with Gasteiger partial charge in [0.2, 0.25) is 0 Å². The summed E-state index contributed by atoms with van der Waals surface area (Å²) < 4.78 is 2.67. The van der Waals surface area contributed by atoms with Crippen LogP contribution in [0.2, 0.25) is 58.9 Å². The van der Waals surface area contributed by atoms with E-state index in [9.17, 15) is 0 Å². The third kappa shape index (κ3) is 12.0. The molecule has 0 aromatic rings. The van der Waals surface area contributed by atoms with Crippen molar-refractivity contribution in [1.29, 1.82) is 0 Å². The Labute approximate surface area is 124 Å². The first-order chi connectivity index (χ1) is 8.31. The molecule has 0 aliphatic carbocycles. The van der Waals surface area contributed by atoms with E-state index in [0.29, 0.717) is 0 Å². The minimum atomic E-state index is -1.25. The van der Waals surface area contributed by atoms with E-state index in [1.165, 1.54) is 0 Å². The average Bonchev–Trinajstić information content (AvgIpc) is 2.09. The molecule has 0 N–H and O–H groups in total. The Kier molecular flexibility index (Phi) is 7.72. The van der Waals surface area contributed by atoms with E-state index in [4.69, 9.17) is 9.96 Å². The molecule has 0 heterocycles. The fourth-order valence-corrected chi connectivity index (χ4v) is 4.88. The van der Waals surface area contributed by atoms with Crippen LogP contribution in [0.3, 0.4) is 0 Å². The monoisotopic (exact) mass is 317 g/mol. The molecule has 0 spiro atoms. The fraction of sp³-hybridized carbons (Fsp3) is 1.00. The molecule has 0 aliphatic rings. The Morgan fingerprint density at radius 3 is 1.16 bits per heavy atom. The van der Waals surface area contributed by atoms with E-state index < -0.39 is 24.7 Å². The quantitative estimate of drug-likeness (QED) is 0.574. The summed E-state index contributed by atoms with van der Waals surface area (Å²) in [6.07, 6.45) is 0. The molecule has 0 bridgehead atoms. The number of nitrogens with zero attached hydrogens (tertiary/aromatic N) is 3. The lowest BCUT2D eigenvalue weighted by Crippen LogP contribution is -2.49. The second kappa shape index (κ2) is 7.51. The zero-order valence-corrected chi connectivity index (χ0v) is 17.7. The molecule has 6 heteroatoms. The van der Waals surface area contributed by atoms with Crippen molar-refractivity contribution in [2.24, 2.45) is 0 Å². The molecule has 0 aliphatic heterocycles. The molecule has 19 heavy (non-hydrogen) atoms. The lowest BCUT2D eigenvalue weighted by Gasteiger charge is -2.43. The molecular formula is C13H35N3Si3-2. The highest BCUT2D eigenvalue weighted by Gasteiger charge is 2.21. The molecule has 0 saturated heterocycles. The van der Waals surface area contributed by atoms with Crippen LogP contribution in [0, 0.1) is 0 Å². The largest absolute Gasteiger partial charge is 0.664 e. The van der Waals surface area contributed by atoms with E-state index in [-0.39, 0.29) is 0 Å². The van der Waals surface area contributed by atoms with E-state index in [0.717, 1.165) is 26.2 Å². The number of rotatable bonds is 9. The molecule has 0 amide bonds. The summed E-state index contributed by atoms with van der Waals surface area (Å²) in [5, 5.41) is 0. The second-order valence-corrected chi connectivity index (χ2v) is 22.6. The van der Waals surface area contributed by atoms with E-state index in [1.54, 1.807) is 0 Å². The summed E-state index contributed by atoms with van der Waals surface area (Å²) in [6, 6.07) is 0. The van der Waals surface area contributed by atoms with Gasteiger partial charge in [-0.1, -0.05) is 75.4 Å². The van der Waals surface area contributed by atoms with E-state index >= 15 is 0 Å². The molecular weight excluding hydrogens is 282 g/mol. The van der Waals surface area contributed by atoms with Crippen LogP contribution in [-0.4, -0.2) is 55.5 Å². The van der Waals surface area contributed by atoms with Crippen LogP contribution < -0.4 is 0 Å². The minimum Gasteiger partial charge on any atom is -0.664 e. The predicted octanol–water partition coefficient (Wildman–Crippen LogP) is 4.54. The smallest absolute Gasteiger partial charge is 0.118 e. The van der Waals surface area contributed by atoms with Crippen molar-refractivity contribution >= 4 is 24.7 Å². The van der Waals surface area contributed by atoms with Crippen LogP contribution in [0.4, 0.5) is 0 Å². The molecule has 0 aromatic carbocycles. The average molecular weight is 318 g/mol. The highest BCUT2D eigenvalue weighted by molar-refractivity contribution is 6.81. The minimum absolute atomic E-state index is 1.01. The molecule has 0 saturated carbocycles. The summed E-state index contributed by atoms with van der Waals surface area (Å²) in [7, 11) is -3.73. The van der Waals surface area contributed by atoms with Crippen LogP contribution in [0.15, 0.2) is 0 Å². The first kappa shape index (κ1) is 19.5. The molecule has 0 unspecified atom stereocenters. The maximum absolute atomic E-state index is 4.86. The third-order valence-corrected chi connectivity index (χ3v) is 7.55.